The molecule has 1 fully saturated rings. The normalized spacial score (nSPS) is 20.7. The third kappa shape index (κ3) is 3.93. The number of imidazole rings is 1. The Kier molecular flexibility index (Phi) is 5.66. The molecule has 5 heteroatoms. The Morgan fingerprint density at radius 1 is 1.15 bits per heavy atom. The van der Waals surface area contributed by atoms with Gasteiger partial charge in [-0.25, -0.2) is 4.98 Å². The number of rotatable bonds is 7. The molecule has 0 bridgehead atoms. The second-order valence-corrected chi connectivity index (χ2v) is 7.05. The summed E-state index contributed by atoms with van der Waals surface area (Å²) in [5.74, 6) is -0.770. The van der Waals surface area contributed by atoms with Gasteiger partial charge < -0.3 is 9.47 Å². The highest BCUT2D eigenvalue weighted by atomic mass is 16.2. The largest absolute Gasteiger partial charge is 0.337 e. The molecule has 0 spiro atoms. The van der Waals surface area contributed by atoms with Gasteiger partial charge in [0.1, 0.15) is 0 Å². The number of aryl methyl sites for hydroxylation is 1. The minimum atomic E-state index is -0.350. The molecule has 2 atom stereocenters. The van der Waals surface area contributed by atoms with Crippen LogP contribution in [-0.4, -0.2) is 38.7 Å². The summed E-state index contributed by atoms with van der Waals surface area (Å²) < 4.78 is 1.98. The first-order valence-electron chi connectivity index (χ1n) is 9.11. The predicted molar refractivity (Wildman–Crippen MR) is 101 cm³/mol. The Morgan fingerprint density at radius 2 is 1.92 bits per heavy atom. The molecule has 0 N–H and O–H groups in total. The van der Waals surface area contributed by atoms with E-state index in [-0.39, 0.29) is 29.6 Å². The van der Waals surface area contributed by atoms with Crippen LogP contribution in [-0.2, 0) is 16.1 Å². The van der Waals surface area contributed by atoms with E-state index in [1.807, 2.05) is 67.1 Å². The lowest BCUT2D eigenvalue weighted by Gasteiger charge is -2.26. The molecule has 26 heavy (non-hydrogen) atoms. The first-order chi connectivity index (χ1) is 12.6. The first kappa shape index (κ1) is 18.1. The van der Waals surface area contributed by atoms with Gasteiger partial charge in [-0.2, -0.15) is 0 Å². The van der Waals surface area contributed by atoms with E-state index in [1.165, 1.54) is 0 Å². The molecule has 0 aliphatic carbocycles. The number of likely N-dealkylation sites (tertiary alicyclic amines) is 1. The van der Waals surface area contributed by atoms with Crippen molar-refractivity contribution in [1.82, 2.24) is 14.5 Å². The van der Waals surface area contributed by atoms with Crippen molar-refractivity contribution in [2.45, 2.75) is 32.9 Å². The van der Waals surface area contributed by atoms with Gasteiger partial charge in [0, 0.05) is 25.5 Å². The summed E-state index contributed by atoms with van der Waals surface area (Å²) in [6.07, 6.45) is 10.2. The number of hydrogen-bond donors (Lipinski definition) is 0. The minimum Gasteiger partial charge on any atom is -0.337 e. The van der Waals surface area contributed by atoms with Crippen LogP contribution in [0.25, 0.3) is 6.08 Å². The smallest absolute Gasteiger partial charge is 0.290 e. The van der Waals surface area contributed by atoms with Gasteiger partial charge >= 0.3 is 0 Å². The molecule has 2 unspecified atom stereocenters. The van der Waals surface area contributed by atoms with Gasteiger partial charge in [0.15, 0.2) is 0 Å². The number of Topliss-reactive ketones (excluding diaryl/α,β-unsaturated/α-hetero) is 1. The van der Waals surface area contributed by atoms with Crippen molar-refractivity contribution < 1.29 is 9.59 Å². The number of nitrogens with zero attached hydrogens (tertiary/aromatic N) is 3. The lowest BCUT2D eigenvalue weighted by molar-refractivity contribution is -0.141. The molecule has 3 rings (SSSR count). The maximum Gasteiger partial charge on any atom is 0.290 e. The second kappa shape index (κ2) is 8.13. The fourth-order valence-electron chi connectivity index (χ4n) is 3.56. The van der Waals surface area contributed by atoms with E-state index in [1.54, 1.807) is 17.4 Å². The molecule has 1 aliphatic heterocycles. The fraction of sp³-hybridized carbons (Fsp3) is 0.381. The third-order valence-electron chi connectivity index (χ3n) is 4.88. The summed E-state index contributed by atoms with van der Waals surface area (Å²) >= 11 is 0. The number of aromatic nitrogens is 2. The van der Waals surface area contributed by atoms with Crippen LogP contribution in [0.5, 0.6) is 0 Å². The monoisotopic (exact) mass is 351 g/mol. The first-order valence-corrected chi connectivity index (χ1v) is 9.11. The number of carbonyl (C=O) groups is 2. The molecular formula is C21H25N3O2. The van der Waals surface area contributed by atoms with Crippen LogP contribution >= 0.6 is 0 Å². The Bertz CT molecular complexity index is 766. The number of carbonyl (C=O) groups excluding carboxylic acids is 2. The lowest BCUT2D eigenvalue weighted by Crippen LogP contribution is -2.36. The summed E-state index contributed by atoms with van der Waals surface area (Å²) in [6, 6.07) is 9.78. The zero-order valence-electron chi connectivity index (χ0n) is 15.3. The molecule has 136 valence electrons. The Balaban J connectivity index is 1.75. The van der Waals surface area contributed by atoms with Gasteiger partial charge in [0.2, 0.25) is 5.78 Å². The molecule has 0 radical (unpaired) electrons. The number of benzene rings is 1. The van der Waals surface area contributed by atoms with E-state index in [9.17, 15) is 9.59 Å². The molecular weight excluding hydrogens is 326 g/mol. The van der Waals surface area contributed by atoms with Gasteiger partial charge in [-0.1, -0.05) is 56.3 Å². The van der Waals surface area contributed by atoms with Crippen LogP contribution < -0.4 is 0 Å². The summed E-state index contributed by atoms with van der Waals surface area (Å²) in [4.78, 5) is 30.9. The van der Waals surface area contributed by atoms with Crippen molar-refractivity contribution in [2.75, 3.05) is 6.54 Å². The maximum atomic E-state index is 12.6. The third-order valence-corrected chi connectivity index (χ3v) is 4.88. The van der Waals surface area contributed by atoms with Crippen LogP contribution in [0.4, 0.5) is 0 Å². The molecule has 1 aromatic carbocycles. The maximum absolute atomic E-state index is 12.6. The highest BCUT2D eigenvalue weighted by molar-refractivity contribution is 6.39. The quantitative estimate of drug-likeness (QED) is 0.721. The van der Waals surface area contributed by atoms with Crippen molar-refractivity contribution >= 4 is 17.8 Å². The molecule has 2 heterocycles. The minimum absolute atomic E-state index is 0.121. The van der Waals surface area contributed by atoms with Gasteiger partial charge in [-0.3, -0.25) is 9.59 Å². The molecule has 2 aromatic rings. The average molecular weight is 351 g/mol. The number of hydrogen-bond acceptors (Lipinski definition) is 3. The van der Waals surface area contributed by atoms with E-state index in [2.05, 4.69) is 4.98 Å². The highest BCUT2D eigenvalue weighted by Gasteiger charge is 2.46. The fourth-order valence-corrected chi connectivity index (χ4v) is 3.56. The topological polar surface area (TPSA) is 55.2 Å². The number of ketones is 1. The second-order valence-electron chi connectivity index (χ2n) is 7.05. The highest BCUT2D eigenvalue weighted by Crippen LogP contribution is 2.30. The van der Waals surface area contributed by atoms with Crippen molar-refractivity contribution in [3.63, 3.8) is 0 Å². The standard InChI is InChI=1S/C21H25N3O2/c1-16(2)19-18(10-9-17-7-4-3-5-8-17)24(21(26)20(19)25)13-6-12-23-14-11-22-15-23/h3-5,7-11,14-16,18-19H,6,12-13H2,1-2H3. The Labute approximate surface area is 154 Å². The van der Waals surface area contributed by atoms with Gasteiger partial charge in [0.05, 0.1) is 18.3 Å². The SMILES string of the molecule is CC(C)C1C(=O)C(=O)N(CCCn2ccnc2)C1C=Cc1ccccc1. The summed E-state index contributed by atoms with van der Waals surface area (Å²) in [6.45, 7) is 5.36. The Morgan fingerprint density at radius 3 is 2.58 bits per heavy atom. The van der Waals surface area contributed by atoms with E-state index < -0.39 is 0 Å². The van der Waals surface area contributed by atoms with Crippen LogP contribution in [0.3, 0.4) is 0 Å². The van der Waals surface area contributed by atoms with Crippen molar-refractivity contribution in [1.29, 1.82) is 0 Å². The average Bonchev–Trinajstić information content (AvgIpc) is 3.23. The molecule has 5 nitrogen and oxygen atoms in total. The van der Waals surface area contributed by atoms with Crippen LogP contribution in [0.2, 0.25) is 0 Å². The lowest BCUT2D eigenvalue weighted by atomic mass is 9.87. The van der Waals surface area contributed by atoms with E-state index in [0.717, 1.165) is 18.5 Å². The summed E-state index contributed by atoms with van der Waals surface area (Å²) in [7, 11) is 0. The van der Waals surface area contributed by atoms with Crippen molar-refractivity contribution in [3.05, 3.63) is 60.7 Å². The zero-order valence-corrected chi connectivity index (χ0v) is 15.3. The van der Waals surface area contributed by atoms with Crippen molar-refractivity contribution in [3.8, 4) is 0 Å². The molecule has 1 aliphatic rings. The summed E-state index contributed by atoms with van der Waals surface area (Å²) in [5, 5.41) is 0. The van der Waals surface area contributed by atoms with E-state index in [4.69, 9.17) is 0 Å². The van der Waals surface area contributed by atoms with Gasteiger partial charge in [0.25, 0.3) is 5.91 Å². The van der Waals surface area contributed by atoms with Gasteiger partial charge in [-0.15, -0.1) is 0 Å². The zero-order chi connectivity index (χ0) is 18.5. The molecule has 1 amide bonds. The number of amides is 1. The van der Waals surface area contributed by atoms with Gasteiger partial charge in [-0.05, 0) is 17.9 Å². The molecule has 0 saturated carbocycles. The molecule has 1 aromatic heterocycles. The van der Waals surface area contributed by atoms with Crippen LogP contribution in [0, 0.1) is 11.8 Å². The summed E-state index contributed by atoms with van der Waals surface area (Å²) in [5.41, 5.74) is 1.07. The van der Waals surface area contributed by atoms with E-state index >= 15 is 0 Å². The van der Waals surface area contributed by atoms with Crippen molar-refractivity contribution in [2.24, 2.45) is 11.8 Å². The molecule has 1 saturated heterocycles. The Hall–Kier alpha value is -2.69. The van der Waals surface area contributed by atoms with E-state index in [0.29, 0.717) is 6.54 Å². The predicted octanol–water partition coefficient (Wildman–Crippen LogP) is 3.04. The van der Waals surface area contributed by atoms with Crippen LogP contribution in [0.1, 0.15) is 25.8 Å². The van der Waals surface area contributed by atoms with Crippen LogP contribution in [0.15, 0.2) is 55.1 Å².